The number of β-amino-alcohol motifs (C(OH)–C–C–N with tert-alkyl or cyclic N) is 1. The lowest BCUT2D eigenvalue weighted by Crippen LogP contribution is -2.35. The van der Waals surface area contributed by atoms with Crippen LogP contribution in [0.2, 0.25) is 0 Å². The molecule has 0 bridgehead atoms. The molecule has 3 atom stereocenters. The number of nitrogens with zero attached hydrogens (tertiary/aromatic N) is 2. The van der Waals surface area contributed by atoms with Gasteiger partial charge in [-0.15, -0.1) is 0 Å². The summed E-state index contributed by atoms with van der Waals surface area (Å²) in [5.74, 6) is 0.796. The lowest BCUT2D eigenvalue weighted by molar-refractivity contribution is -0.109. The minimum absolute atomic E-state index is 0.106. The van der Waals surface area contributed by atoms with Crippen molar-refractivity contribution in [1.29, 1.82) is 0 Å². The fraction of sp³-hybridized carbons (Fsp3) is 0.536. The molecule has 1 aromatic heterocycles. The molecular weight excluding hydrogens is 456 g/mol. The number of aldehydes is 2. The Hall–Kier alpha value is -2.65. The molecule has 2 fully saturated rings. The maximum atomic E-state index is 11.5. The molecule has 198 valence electrons. The third-order valence-corrected chi connectivity index (χ3v) is 6.22. The van der Waals surface area contributed by atoms with Gasteiger partial charge in [0.1, 0.15) is 18.6 Å². The van der Waals surface area contributed by atoms with Gasteiger partial charge >= 0.3 is 0 Å². The zero-order valence-corrected chi connectivity index (χ0v) is 22.2. The van der Waals surface area contributed by atoms with Gasteiger partial charge in [-0.3, -0.25) is 4.98 Å². The topological polar surface area (TPSA) is 104 Å². The molecule has 4 rings (SSSR count). The van der Waals surface area contributed by atoms with Crippen molar-refractivity contribution >= 4 is 18.3 Å². The summed E-state index contributed by atoms with van der Waals surface area (Å²) in [6.07, 6.45) is 5.49. The molecule has 0 radical (unpaired) electrons. The summed E-state index contributed by atoms with van der Waals surface area (Å²) in [5.41, 5.74) is 3.33. The molecule has 8 heteroatoms. The number of aliphatic hydroxyl groups is 1. The first kappa shape index (κ1) is 29.6. The first-order valence-corrected chi connectivity index (χ1v) is 12.5. The van der Waals surface area contributed by atoms with E-state index in [0.717, 1.165) is 49.5 Å². The summed E-state index contributed by atoms with van der Waals surface area (Å²) in [6, 6.07) is 11.7. The van der Waals surface area contributed by atoms with Crippen molar-refractivity contribution < 1.29 is 19.4 Å². The van der Waals surface area contributed by atoms with Crippen LogP contribution >= 0.6 is 0 Å². The molecule has 2 aromatic rings. The number of hydrogen-bond donors (Lipinski definition) is 3. The maximum Gasteiger partial charge on any atom is 0.147 e. The Morgan fingerprint density at radius 3 is 2.28 bits per heavy atom. The van der Waals surface area contributed by atoms with Crippen molar-refractivity contribution in [2.24, 2.45) is 5.92 Å². The lowest BCUT2D eigenvalue weighted by atomic mass is 9.87. The number of rotatable bonds is 7. The molecule has 3 N–H and O–H groups in total. The maximum absolute atomic E-state index is 11.5. The summed E-state index contributed by atoms with van der Waals surface area (Å²) in [7, 11) is 3.90. The number of hydrogen-bond acceptors (Lipinski definition) is 8. The SMILES string of the molecule is CN(c1ccc(C(C)(C)C)cc1)C(C=O)c1cccnc1.CNCC1COC1.O=CC1CC(O)CN1. The zero-order valence-electron chi connectivity index (χ0n) is 22.2. The number of likely N-dealkylation sites (N-methyl/N-ethyl adjacent to an activating group) is 1. The Morgan fingerprint density at radius 2 is 1.92 bits per heavy atom. The molecule has 0 spiro atoms. The number of aromatic nitrogens is 1. The van der Waals surface area contributed by atoms with Crippen molar-refractivity contribution in [3.05, 3.63) is 59.9 Å². The van der Waals surface area contributed by atoms with E-state index < -0.39 is 0 Å². The second-order valence-electron chi connectivity index (χ2n) is 10.3. The van der Waals surface area contributed by atoms with Crippen molar-refractivity contribution in [2.45, 2.75) is 50.8 Å². The van der Waals surface area contributed by atoms with Crippen LogP contribution in [0.3, 0.4) is 0 Å². The summed E-state index contributed by atoms with van der Waals surface area (Å²) in [5, 5.41) is 14.7. The number of carbonyl (C=O) groups excluding carboxylic acids is 2. The number of ether oxygens (including phenoxy) is 1. The molecule has 36 heavy (non-hydrogen) atoms. The standard InChI is InChI=1S/C18H22N2O.C5H9NO2.C5H11NO/c1-18(2,3)15-7-9-16(10-8-15)20(4)17(13-21)14-6-5-11-19-12-14;7-3-4-1-5(8)2-6-4;1-6-2-5-3-7-4-5/h5-13,17H,1-4H3;3-6,8H,1-2H2;5-6H,2-4H2,1H3. The highest BCUT2D eigenvalue weighted by molar-refractivity contribution is 5.68. The van der Waals surface area contributed by atoms with Crippen LogP contribution in [-0.2, 0) is 19.7 Å². The van der Waals surface area contributed by atoms with Crippen LogP contribution in [0.25, 0.3) is 0 Å². The van der Waals surface area contributed by atoms with E-state index in [1.807, 2.05) is 31.1 Å². The predicted octanol–water partition coefficient (Wildman–Crippen LogP) is 2.52. The van der Waals surface area contributed by atoms with E-state index in [4.69, 9.17) is 9.84 Å². The molecule has 8 nitrogen and oxygen atoms in total. The summed E-state index contributed by atoms with van der Waals surface area (Å²) >= 11 is 0. The lowest BCUT2D eigenvalue weighted by Gasteiger charge is -2.27. The average molecular weight is 499 g/mol. The number of benzene rings is 1. The first-order valence-electron chi connectivity index (χ1n) is 12.5. The van der Waals surface area contributed by atoms with E-state index in [2.05, 4.69) is 60.7 Å². The van der Waals surface area contributed by atoms with E-state index in [1.54, 1.807) is 12.4 Å². The van der Waals surface area contributed by atoms with Crippen LogP contribution in [0, 0.1) is 5.92 Å². The second-order valence-corrected chi connectivity index (χ2v) is 10.3. The highest BCUT2D eigenvalue weighted by atomic mass is 16.5. The van der Waals surface area contributed by atoms with Gasteiger partial charge in [-0.05, 0) is 48.2 Å². The van der Waals surface area contributed by atoms with Crippen LogP contribution in [0.15, 0.2) is 48.8 Å². The monoisotopic (exact) mass is 498 g/mol. The Kier molecular flexibility index (Phi) is 12.2. The minimum Gasteiger partial charge on any atom is -0.392 e. The molecule has 0 amide bonds. The molecule has 3 heterocycles. The van der Waals surface area contributed by atoms with E-state index in [0.29, 0.717) is 13.0 Å². The van der Waals surface area contributed by atoms with E-state index in [-0.39, 0.29) is 23.6 Å². The highest BCUT2D eigenvalue weighted by Crippen LogP contribution is 2.28. The van der Waals surface area contributed by atoms with Crippen LogP contribution in [0.5, 0.6) is 0 Å². The summed E-state index contributed by atoms with van der Waals surface area (Å²) in [6.45, 7) is 10.2. The molecule has 2 aliphatic rings. The molecule has 3 unspecified atom stereocenters. The number of carbonyl (C=O) groups is 2. The van der Waals surface area contributed by atoms with Gasteiger partial charge < -0.3 is 35.0 Å². The Labute approximate surface area is 215 Å². The largest absolute Gasteiger partial charge is 0.392 e. The predicted molar refractivity (Wildman–Crippen MR) is 143 cm³/mol. The smallest absolute Gasteiger partial charge is 0.147 e. The highest BCUT2D eigenvalue weighted by Gasteiger charge is 2.20. The number of nitrogens with one attached hydrogen (secondary N) is 2. The minimum atomic E-state index is -0.320. The van der Waals surface area contributed by atoms with Gasteiger partial charge in [-0.25, -0.2) is 0 Å². The van der Waals surface area contributed by atoms with Crippen molar-refractivity contribution in [3.63, 3.8) is 0 Å². The van der Waals surface area contributed by atoms with Gasteiger partial charge in [0.15, 0.2) is 0 Å². The third kappa shape index (κ3) is 9.43. The molecular formula is C28H42N4O4. The van der Waals surface area contributed by atoms with Gasteiger partial charge in [0.2, 0.25) is 0 Å². The Morgan fingerprint density at radius 1 is 1.22 bits per heavy atom. The number of anilines is 1. The number of aliphatic hydroxyl groups excluding tert-OH is 1. The summed E-state index contributed by atoms with van der Waals surface area (Å²) < 4.78 is 4.95. The van der Waals surface area contributed by atoms with Crippen molar-refractivity contribution in [3.8, 4) is 0 Å². The molecule has 0 aliphatic carbocycles. The van der Waals surface area contributed by atoms with Crippen LogP contribution in [0.1, 0.15) is 44.4 Å². The van der Waals surface area contributed by atoms with E-state index >= 15 is 0 Å². The van der Waals surface area contributed by atoms with Crippen LogP contribution < -0.4 is 15.5 Å². The fourth-order valence-corrected chi connectivity index (χ4v) is 3.84. The molecule has 1 aromatic carbocycles. The third-order valence-electron chi connectivity index (χ3n) is 6.22. The van der Waals surface area contributed by atoms with Crippen molar-refractivity contribution in [1.82, 2.24) is 15.6 Å². The number of pyridine rings is 1. The van der Waals surface area contributed by atoms with Crippen LogP contribution in [-0.4, -0.2) is 75.2 Å². The second kappa shape index (κ2) is 14.8. The quantitative estimate of drug-likeness (QED) is 0.501. The van der Waals surface area contributed by atoms with E-state index in [9.17, 15) is 9.59 Å². The van der Waals surface area contributed by atoms with Crippen molar-refractivity contribution in [2.75, 3.05) is 45.3 Å². The van der Waals surface area contributed by atoms with Gasteiger partial charge in [-0.1, -0.05) is 39.0 Å². The zero-order chi connectivity index (χ0) is 26.6. The summed E-state index contributed by atoms with van der Waals surface area (Å²) in [4.78, 5) is 27.5. The van der Waals surface area contributed by atoms with Gasteiger partial charge in [-0.2, -0.15) is 0 Å². The first-order chi connectivity index (χ1) is 17.2. The average Bonchev–Trinajstić information content (AvgIpc) is 3.28. The Bertz CT molecular complexity index is 898. The molecule has 2 aliphatic heterocycles. The Balaban J connectivity index is 0.000000246. The van der Waals surface area contributed by atoms with Gasteiger partial charge in [0.05, 0.1) is 25.4 Å². The van der Waals surface area contributed by atoms with Gasteiger partial charge in [0, 0.05) is 44.1 Å². The molecule has 2 saturated heterocycles. The van der Waals surface area contributed by atoms with Crippen LogP contribution in [0.4, 0.5) is 5.69 Å². The van der Waals surface area contributed by atoms with E-state index in [1.165, 1.54) is 5.56 Å². The van der Waals surface area contributed by atoms with Gasteiger partial charge in [0.25, 0.3) is 0 Å². The fourth-order valence-electron chi connectivity index (χ4n) is 3.84. The normalized spacial score (nSPS) is 20.1. The molecule has 0 saturated carbocycles.